The number of hydrogen-bond donors (Lipinski definition) is 0. The third-order valence-electron chi connectivity index (χ3n) is 14.1. The van der Waals surface area contributed by atoms with Gasteiger partial charge in [0, 0.05) is 16.5 Å². The van der Waals surface area contributed by atoms with Gasteiger partial charge in [-0.2, -0.15) is 0 Å². The van der Waals surface area contributed by atoms with Gasteiger partial charge in [0.2, 0.25) is 0 Å². The minimum absolute atomic E-state index is 0. The van der Waals surface area contributed by atoms with Gasteiger partial charge in [0.15, 0.2) is 0 Å². The molecule has 0 bridgehead atoms. The van der Waals surface area contributed by atoms with Gasteiger partial charge in [0.25, 0.3) is 0 Å². The molecule has 2 aromatic rings. The molecule has 0 heterocycles. The summed E-state index contributed by atoms with van der Waals surface area (Å²) in [4.78, 5) is 10.2. The van der Waals surface area contributed by atoms with Gasteiger partial charge in [-0.25, -0.2) is 4.99 Å². The maximum Gasteiger partial charge on any atom is 0.0816 e. The van der Waals surface area contributed by atoms with E-state index in [1.165, 1.54) is 281 Å². The van der Waals surface area contributed by atoms with Gasteiger partial charge >= 0.3 is 0 Å². The first-order valence-corrected chi connectivity index (χ1v) is 29.7. The van der Waals surface area contributed by atoms with Crippen molar-refractivity contribution in [2.45, 2.75) is 310 Å². The Kier molecular flexibility index (Phi) is 47.4. The van der Waals surface area contributed by atoms with Crippen molar-refractivity contribution < 1.29 is 16.5 Å². The van der Waals surface area contributed by atoms with E-state index in [4.69, 9.17) is 9.98 Å². The number of benzene rings is 2. The molecule has 0 aliphatic rings. The maximum atomic E-state index is 5.18. The Morgan fingerprint density at radius 3 is 1.01 bits per heavy atom. The molecule has 0 radical (unpaired) electrons. The summed E-state index contributed by atoms with van der Waals surface area (Å²) in [5.74, 6) is 0. The molecular weight excluding hydrogens is 855 g/mol. The van der Waals surface area contributed by atoms with Crippen LogP contribution in [0.4, 0.5) is 11.4 Å². The standard InChI is InChI=1S/C64H110N2.Ni/c1-4-7-10-13-16-19-22-23-24-25-26-27-28-29-30-31-32-35-38-41-44-47-54-64(66-63-56-49-53-61(58-63)51-46-43-40-37-34-21-18-15-12-9-6-3)59-65-62-55-48-52-60(57-62)50-45-42-39-36-33-20-17-14-11-8-5-2;/h47-49,52-59H,4-46,50-51H2,1-3H3;. The summed E-state index contributed by atoms with van der Waals surface area (Å²) in [6.45, 7) is 6.92. The molecule has 0 aliphatic heterocycles. The Labute approximate surface area is 429 Å². The minimum Gasteiger partial charge on any atom is -0.255 e. The Morgan fingerprint density at radius 1 is 0.358 bits per heavy atom. The molecule has 0 spiro atoms. The molecule has 0 aliphatic carbocycles. The van der Waals surface area contributed by atoms with Gasteiger partial charge in [-0.3, -0.25) is 4.99 Å². The van der Waals surface area contributed by atoms with Gasteiger partial charge in [-0.05, 0) is 80.0 Å². The van der Waals surface area contributed by atoms with Gasteiger partial charge in [-0.15, -0.1) is 0 Å². The second kappa shape index (κ2) is 50.4. The van der Waals surface area contributed by atoms with E-state index >= 15 is 0 Å². The average Bonchev–Trinajstić information content (AvgIpc) is 3.33. The van der Waals surface area contributed by atoms with Crippen LogP contribution >= 0.6 is 0 Å². The normalized spacial score (nSPS) is 12.0. The van der Waals surface area contributed by atoms with E-state index in [-0.39, 0.29) is 16.5 Å². The van der Waals surface area contributed by atoms with Crippen LogP contribution < -0.4 is 0 Å². The zero-order valence-corrected chi connectivity index (χ0v) is 45.9. The largest absolute Gasteiger partial charge is 0.255 e. The van der Waals surface area contributed by atoms with Crippen molar-refractivity contribution in [3.05, 3.63) is 71.8 Å². The second-order valence-electron chi connectivity index (χ2n) is 20.6. The first-order valence-electron chi connectivity index (χ1n) is 29.7. The molecule has 0 aromatic heterocycles. The fourth-order valence-electron chi connectivity index (χ4n) is 9.68. The molecule has 0 atom stereocenters. The molecule has 2 aromatic carbocycles. The molecule has 3 heteroatoms. The molecule has 0 N–H and O–H groups in total. The van der Waals surface area contributed by atoms with Crippen LogP contribution in [0.2, 0.25) is 0 Å². The van der Waals surface area contributed by atoms with E-state index in [0.717, 1.165) is 36.3 Å². The van der Waals surface area contributed by atoms with Crippen molar-refractivity contribution in [3.63, 3.8) is 0 Å². The number of unbranched alkanes of at least 4 members (excludes halogenated alkanes) is 40. The Bertz CT molecular complexity index is 1410. The first kappa shape index (κ1) is 63.0. The Morgan fingerprint density at radius 2 is 0.657 bits per heavy atom. The van der Waals surface area contributed by atoms with Crippen LogP contribution in [-0.4, -0.2) is 11.9 Å². The van der Waals surface area contributed by atoms with E-state index in [1.807, 2.05) is 6.21 Å². The van der Waals surface area contributed by atoms with Gasteiger partial charge in [-0.1, -0.05) is 302 Å². The number of aryl methyl sites for hydroxylation is 2. The zero-order valence-electron chi connectivity index (χ0n) is 44.9. The predicted molar refractivity (Wildman–Crippen MR) is 300 cm³/mol. The van der Waals surface area contributed by atoms with Gasteiger partial charge in [0.05, 0.1) is 23.3 Å². The maximum absolute atomic E-state index is 5.18. The molecule has 2 rings (SSSR count). The molecule has 0 saturated heterocycles. The molecule has 0 saturated carbocycles. The quantitative estimate of drug-likeness (QED) is 0.0359. The van der Waals surface area contributed by atoms with Crippen LogP contribution in [0, 0.1) is 0 Å². The van der Waals surface area contributed by atoms with Crippen LogP contribution in [-0.2, 0) is 29.3 Å². The molecule has 0 unspecified atom stereocenters. The number of allylic oxidation sites excluding steroid dienone is 2. The summed E-state index contributed by atoms with van der Waals surface area (Å²) in [6, 6.07) is 17.9. The van der Waals surface area contributed by atoms with Crippen molar-refractivity contribution in [2.75, 3.05) is 0 Å². The van der Waals surface area contributed by atoms with Crippen molar-refractivity contribution in [1.29, 1.82) is 0 Å². The van der Waals surface area contributed by atoms with E-state index in [0.29, 0.717) is 0 Å². The summed E-state index contributed by atoms with van der Waals surface area (Å²) >= 11 is 0. The van der Waals surface area contributed by atoms with Crippen LogP contribution in [0.25, 0.3) is 0 Å². The number of rotatable bonds is 49. The third kappa shape index (κ3) is 41.5. The number of hydrogen-bond acceptors (Lipinski definition) is 2. The van der Waals surface area contributed by atoms with Crippen LogP contribution in [0.1, 0.15) is 308 Å². The molecule has 2 nitrogen and oxygen atoms in total. The topological polar surface area (TPSA) is 24.7 Å². The summed E-state index contributed by atoms with van der Waals surface area (Å²) in [5.41, 5.74) is 5.85. The van der Waals surface area contributed by atoms with Crippen molar-refractivity contribution in [1.82, 2.24) is 0 Å². The molecule has 67 heavy (non-hydrogen) atoms. The van der Waals surface area contributed by atoms with Crippen molar-refractivity contribution in [2.24, 2.45) is 9.98 Å². The predicted octanol–water partition coefficient (Wildman–Crippen LogP) is 22.6. The molecular formula is C64H110N2Ni. The van der Waals surface area contributed by atoms with Crippen LogP contribution in [0.15, 0.2) is 70.7 Å². The van der Waals surface area contributed by atoms with Crippen molar-refractivity contribution in [3.8, 4) is 0 Å². The van der Waals surface area contributed by atoms with E-state index in [2.05, 4.69) is 81.5 Å². The van der Waals surface area contributed by atoms with E-state index in [1.54, 1.807) is 0 Å². The van der Waals surface area contributed by atoms with Crippen LogP contribution in [0.3, 0.4) is 0 Å². The first-order chi connectivity index (χ1) is 32.7. The Balaban J connectivity index is 0.0000224. The average molecular weight is 966 g/mol. The Hall–Kier alpha value is -1.99. The molecule has 0 fully saturated rings. The minimum atomic E-state index is 0. The van der Waals surface area contributed by atoms with Gasteiger partial charge < -0.3 is 0 Å². The molecule has 386 valence electrons. The summed E-state index contributed by atoms with van der Waals surface area (Å²) in [7, 11) is 0. The molecule has 0 amide bonds. The van der Waals surface area contributed by atoms with E-state index in [9.17, 15) is 0 Å². The summed E-state index contributed by atoms with van der Waals surface area (Å²) in [6.07, 6.45) is 69.0. The zero-order chi connectivity index (χ0) is 46.9. The summed E-state index contributed by atoms with van der Waals surface area (Å²) in [5, 5.41) is 0. The number of aliphatic imine (C=N–C) groups is 2. The van der Waals surface area contributed by atoms with Gasteiger partial charge in [0.1, 0.15) is 0 Å². The third-order valence-corrected chi connectivity index (χ3v) is 14.1. The summed E-state index contributed by atoms with van der Waals surface area (Å²) < 4.78 is 0. The number of nitrogens with zero attached hydrogens (tertiary/aromatic N) is 2. The fraction of sp³-hybridized carbons (Fsp3) is 0.750. The monoisotopic (exact) mass is 965 g/mol. The fourth-order valence-corrected chi connectivity index (χ4v) is 9.68. The SMILES string of the molecule is CCCCCCCCCCCCCCCCCCCCCCC=CC(C=Nc1cccc(CCCCCCCCCCCCC)c1)=Nc1cccc(CCCCCCCCCCCCC)c1.[Ni]. The van der Waals surface area contributed by atoms with E-state index < -0.39 is 0 Å². The van der Waals surface area contributed by atoms with Crippen LogP contribution in [0.5, 0.6) is 0 Å². The smallest absolute Gasteiger partial charge is 0.0816 e. The van der Waals surface area contributed by atoms with Crippen molar-refractivity contribution >= 4 is 23.3 Å². The second-order valence-corrected chi connectivity index (χ2v) is 20.6.